The molecule has 0 amide bonds. The Balaban J connectivity index is 2.94. The molecule has 1 atom stereocenters. The fraction of sp³-hybridized carbons (Fsp3) is 1.00. The standard InChI is InChI=1S/C10H20BrNO2S/c1-10(2,3)15(13,14)12-7-5-4-6-9(12)8-11/h9H,4-8H2,1-3H3. The molecule has 1 heterocycles. The predicted molar refractivity (Wildman–Crippen MR) is 66.8 cm³/mol. The van der Waals surface area contributed by atoms with Gasteiger partial charge < -0.3 is 0 Å². The number of halogens is 1. The zero-order chi connectivity index (χ0) is 11.7. The number of nitrogens with zero attached hydrogens (tertiary/aromatic N) is 1. The molecule has 1 rings (SSSR count). The maximum absolute atomic E-state index is 12.3. The summed E-state index contributed by atoms with van der Waals surface area (Å²) < 4.78 is 25.6. The number of piperidine rings is 1. The highest BCUT2D eigenvalue weighted by Gasteiger charge is 2.39. The number of sulfonamides is 1. The summed E-state index contributed by atoms with van der Waals surface area (Å²) >= 11 is 3.40. The summed E-state index contributed by atoms with van der Waals surface area (Å²) in [6.45, 7) is 5.97. The molecule has 0 aliphatic carbocycles. The third kappa shape index (κ3) is 2.74. The Hall–Kier alpha value is 0.390. The minimum absolute atomic E-state index is 0.142. The molecule has 15 heavy (non-hydrogen) atoms. The third-order valence-electron chi connectivity index (χ3n) is 2.83. The summed E-state index contributed by atoms with van der Waals surface area (Å²) in [6.07, 6.45) is 3.09. The van der Waals surface area contributed by atoms with Gasteiger partial charge in [-0.2, -0.15) is 4.31 Å². The molecule has 1 aliphatic heterocycles. The molecule has 0 aromatic rings. The summed E-state index contributed by atoms with van der Waals surface area (Å²) in [4.78, 5) is 0. The average Bonchev–Trinajstić information content (AvgIpc) is 2.16. The maximum atomic E-state index is 12.3. The van der Waals surface area contributed by atoms with Crippen LogP contribution < -0.4 is 0 Å². The van der Waals surface area contributed by atoms with Crippen molar-refractivity contribution in [3.63, 3.8) is 0 Å². The minimum Gasteiger partial charge on any atom is -0.212 e. The largest absolute Gasteiger partial charge is 0.219 e. The van der Waals surface area contributed by atoms with Crippen molar-refractivity contribution in [3.8, 4) is 0 Å². The first kappa shape index (κ1) is 13.5. The second-order valence-electron chi connectivity index (χ2n) is 5.03. The highest BCUT2D eigenvalue weighted by atomic mass is 79.9. The molecule has 0 radical (unpaired) electrons. The first-order valence-corrected chi connectivity index (χ1v) is 7.94. The van der Waals surface area contributed by atoms with E-state index in [0.29, 0.717) is 6.54 Å². The normalized spacial score (nSPS) is 25.5. The van der Waals surface area contributed by atoms with E-state index in [1.54, 1.807) is 25.1 Å². The van der Waals surface area contributed by atoms with Crippen LogP contribution in [0.5, 0.6) is 0 Å². The van der Waals surface area contributed by atoms with Crippen LogP contribution in [0.25, 0.3) is 0 Å². The van der Waals surface area contributed by atoms with Gasteiger partial charge in [-0.1, -0.05) is 22.4 Å². The minimum atomic E-state index is -3.16. The Labute approximate surface area is 101 Å². The van der Waals surface area contributed by atoms with Crippen LogP contribution in [0.15, 0.2) is 0 Å². The van der Waals surface area contributed by atoms with Crippen molar-refractivity contribution in [2.45, 2.75) is 50.8 Å². The van der Waals surface area contributed by atoms with Gasteiger partial charge in [-0.3, -0.25) is 0 Å². The second kappa shape index (κ2) is 4.72. The summed E-state index contributed by atoms with van der Waals surface area (Å²) in [5.74, 6) is 0. The summed E-state index contributed by atoms with van der Waals surface area (Å²) in [5.41, 5.74) is 0. The van der Waals surface area contributed by atoms with E-state index < -0.39 is 14.8 Å². The van der Waals surface area contributed by atoms with Gasteiger partial charge in [0.1, 0.15) is 0 Å². The molecule has 1 unspecified atom stereocenters. The van der Waals surface area contributed by atoms with Gasteiger partial charge in [0.15, 0.2) is 0 Å². The molecule has 0 aromatic heterocycles. The molecule has 0 aromatic carbocycles. The molecule has 5 heteroatoms. The lowest BCUT2D eigenvalue weighted by molar-refractivity contribution is 0.267. The molecule has 1 fully saturated rings. The van der Waals surface area contributed by atoms with Crippen LogP contribution in [0.2, 0.25) is 0 Å². The fourth-order valence-corrected chi connectivity index (χ4v) is 4.31. The molecule has 0 saturated carbocycles. The monoisotopic (exact) mass is 297 g/mol. The van der Waals surface area contributed by atoms with E-state index in [1.165, 1.54) is 0 Å². The van der Waals surface area contributed by atoms with Gasteiger partial charge in [0.05, 0.1) is 4.75 Å². The molecule has 0 spiro atoms. The number of rotatable bonds is 2. The zero-order valence-corrected chi connectivity index (χ0v) is 12.1. The van der Waals surface area contributed by atoms with Crippen LogP contribution >= 0.6 is 15.9 Å². The van der Waals surface area contributed by atoms with Crippen LogP contribution in [0.1, 0.15) is 40.0 Å². The quantitative estimate of drug-likeness (QED) is 0.734. The Morgan fingerprint density at radius 1 is 1.33 bits per heavy atom. The van der Waals surface area contributed by atoms with E-state index in [0.717, 1.165) is 24.6 Å². The van der Waals surface area contributed by atoms with Gasteiger partial charge in [-0.05, 0) is 33.6 Å². The van der Waals surface area contributed by atoms with Gasteiger partial charge >= 0.3 is 0 Å². The third-order valence-corrected chi connectivity index (χ3v) is 6.23. The van der Waals surface area contributed by atoms with Gasteiger partial charge in [0.2, 0.25) is 10.0 Å². The van der Waals surface area contributed by atoms with Crippen molar-refractivity contribution in [2.75, 3.05) is 11.9 Å². The SMILES string of the molecule is CC(C)(C)S(=O)(=O)N1CCCCC1CBr. The van der Waals surface area contributed by atoms with Crippen LogP contribution in [0.3, 0.4) is 0 Å². The molecule has 0 bridgehead atoms. The van der Waals surface area contributed by atoms with Crippen LogP contribution in [0, 0.1) is 0 Å². The first-order chi connectivity index (χ1) is 6.80. The van der Waals surface area contributed by atoms with Gasteiger partial charge in [-0.15, -0.1) is 0 Å². The van der Waals surface area contributed by atoms with E-state index in [2.05, 4.69) is 15.9 Å². The molecule has 0 N–H and O–H groups in total. The van der Waals surface area contributed by atoms with E-state index in [-0.39, 0.29) is 6.04 Å². The van der Waals surface area contributed by atoms with Crippen LogP contribution in [-0.4, -0.2) is 35.4 Å². The van der Waals surface area contributed by atoms with Crippen molar-refractivity contribution in [2.24, 2.45) is 0 Å². The topological polar surface area (TPSA) is 37.4 Å². The Kier molecular flexibility index (Phi) is 4.23. The maximum Gasteiger partial charge on any atom is 0.219 e. The van der Waals surface area contributed by atoms with Crippen LogP contribution in [-0.2, 0) is 10.0 Å². The average molecular weight is 298 g/mol. The fourth-order valence-electron chi connectivity index (χ4n) is 1.80. The van der Waals surface area contributed by atoms with Crippen molar-refractivity contribution in [1.82, 2.24) is 4.31 Å². The molecule has 1 saturated heterocycles. The highest BCUT2D eigenvalue weighted by molar-refractivity contribution is 9.09. The zero-order valence-electron chi connectivity index (χ0n) is 9.66. The number of hydrogen-bond donors (Lipinski definition) is 0. The van der Waals surface area contributed by atoms with Crippen molar-refractivity contribution < 1.29 is 8.42 Å². The van der Waals surface area contributed by atoms with Gasteiger partial charge in [0, 0.05) is 17.9 Å². The van der Waals surface area contributed by atoms with Gasteiger partial charge in [0.25, 0.3) is 0 Å². The number of alkyl halides is 1. The Bertz CT molecular complexity index is 308. The molecule has 1 aliphatic rings. The van der Waals surface area contributed by atoms with Crippen molar-refractivity contribution in [1.29, 1.82) is 0 Å². The predicted octanol–water partition coefficient (Wildman–Crippen LogP) is 2.36. The molecular weight excluding hydrogens is 278 g/mol. The second-order valence-corrected chi connectivity index (χ2v) is 8.32. The van der Waals surface area contributed by atoms with E-state index in [1.807, 2.05) is 0 Å². The van der Waals surface area contributed by atoms with Crippen molar-refractivity contribution in [3.05, 3.63) is 0 Å². The van der Waals surface area contributed by atoms with Crippen LogP contribution in [0.4, 0.5) is 0 Å². The smallest absolute Gasteiger partial charge is 0.212 e. The first-order valence-electron chi connectivity index (χ1n) is 5.38. The van der Waals surface area contributed by atoms with Gasteiger partial charge in [-0.25, -0.2) is 8.42 Å². The number of hydrogen-bond acceptors (Lipinski definition) is 2. The summed E-state index contributed by atoms with van der Waals surface area (Å²) in [6, 6.07) is 0.142. The Morgan fingerprint density at radius 3 is 2.40 bits per heavy atom. The molecular formula is C10H20BrNO2S. The summed E-state index contributed by atoms with van der Waals surface area (Å²) in [5, 5.41) is 0.738. The lowest BCUT2D eigenvalue weighted by atomic mass is 10.1. The van der Waals surface area contributed by atoms with E-state index >= 15 is 0 Å². The summed E-state index contributed by atoms with van der Waals surface area (Å²) in [7, 11) is -3.16. The molecule has 90 valence electrons. The Morgan fingerprint density at radius 2 is 1.93 bits per heavy atom. The molecule has 3 nitrogen and oxygen atoms in total. The lowest BCUT2D eigenvalue weighted by Crippen LogP contribution is -2.50. The highest BCUT2D eigenvalue weighted by Crippen LogP contribution is 2.28. The van der Waals surface area contributed by atoms with Crippen molar-refractivity contribution >= 4 is 26.0 Å². The van der Waals surface area contributed by atoms with E-state index in [4.69, 9.17) is 0 Å². The lowest BCUT2D eigenvalue weighted by Gasteiger charge is -2.37. The van der Waals surface area contributed by atoms with E-state index in [9.17, 15) is 8.42 Å².